The standard InChI is InChI=1S/C22H37N5O/c1-23-22(28)17-27-14-8-19(9-15-27)24-16-18-6-4-5-7-21(18)26(3)20-10-12-25(2)13-11-20/h4-7,19-20,24H,8-17H2,1-3H3,(H,23,28). The zero-order valence-corrected chi connectivity index (χ0v) is 17.8. The van der Waals surface area contributed by atoms with E-state index in [1.807, 2.05) is 0 Å². The van der Waals surface area contributed by atoms with E-state index in [0.29, 0.717) is 18.6 Å². The molecule has 2 N–H and O–H groups in total. The number of piperidine rings is 2. The highest BCUT2D eigenvalue weighted by molar-refractivity contribution is 5.77. The van der Waals surface area contributed by atoms with Gasteiger partial charge >= 0.3 is 0 Å². The normalized spacial score (nSPS) is 20.2. The lowest BCUT2D eigenvalue weighted by Gasteiger charge is -2.37. The van der Waals surface area contributed by atoms with Crippen LogP contribution in [0.3, 0.4) is 0 Å². The highest BCUT2D eigenvalue weighted by atomic mass is 16.1. The zero-order chi connectivity index (χ0) is 19.9. The fourth-order valence-corrected chi connectivity index (χ4v) is 4.41. The predicted molar refractivity (Wildman–Crippen MR) is 116 cm³/mol. The van der Waals surface area contributed by atoms with Crippen molar-refractivity contribution in [2.24, 2.45) is 0 Å². The molecule has 6 heteroatoms. The highest BCUT2D eigenvalue weighted by Gasteiger charge is 2.23. The molecule has 28 heavy (non-hydrogen) atoms. The molecule has 1 aromatic rings. The molecule has 0 bridgehead atoms. The van der Waals surface area contributed by atoms with E-state index in [0.717, 1.165) is 32.5 Å². The Morgan fingerprint density at radius 1 is 1.11 bits per heavy atom. The van der Waals surface area contributed by atoms with E-state index in [1.54, 1.807) is 7.05 Å². The minimum atomic E-state index is 0.109. The van der Waals surface area contributed by atoms with E-state index in [-0.39, 0.29) is 5.91 Å². The number of likely N-dealkylation sites (tertiary alicyclic amines) is 2. The van der Waals surface area contributed by atoms with E-state index < -0.39 is 0 Å². The van der Waals surface area contributed by atoms with Crippen molar-refractivity contribution in [2.75, 3.05) is 58.8 Å². The van der Waals surface area contributed by atoms with Gasteiger partial charge in [-0.05, 0) is 57.5 Å². The van der Waals surface area contributed by atoms with Gasteiger partial charge in [-0.2, -0.15) is 0 Å². The molecule has 6 nitrogen and oxygen atoms in total. The van der Waals surface area contributed by atoms with Crippen molar-refractivity contribution in [3.63, 3.8) is 0 Å². The number of anilines is 1. The van der Waals surface area contributed by atoms with Crippen LogP contribution in [0.5, 0.6) is 0 Å². The summed E-state index contributed by atoms with van der Waals surface area (Å²) in [5, 5.41) is 6.48. The monoisotopic (exact) mass is 387 g/mol. The van der Waals surface area contributed by atoms with Crippen LogP contribution in [0.1, 0.15) is 31.2 Å². The Balaban J connectivity index is 1.51. The van der Waals surface area contributed by atoms with Crippen molar-refractivity contribution in [2.45, 2.75) is 44.3 Å². The summed E-state index contributed by atoms with van der Waals surface area (Å²) in [7, 11) is 6.18. The second-order valence-corrected chi connectivity index (χ2v) is 8.38. The van der Waals surface area contributed by atoms with Crippen LogP contribution in [-0.2, 0) is 11.3 Å². The summed E-state index contributed by atoms with van der Waals surface area (Å²) in [4.78, 5) is 18.7. The number of nitrogens with one attached hydrogen (secondary N) is 2. The topological polar surface area (TPSA) is 50.9 Å². The molecular weight excluding hydrogens is 350 g/mol. The summed E-state index contributed by atoms with van der Waals surface area (Å²) in [5.41, 5.74) is 2.75. The Kier molecular flexibility index (Phi) is 7.71. The van der Waals surface area contributed by atoms with Gasteiger partial charge in [0.15, 0.2) is 0 Å². The van der Waals surface area contributed by atoms with Crippen LogP contribution >= 0.6 is 0 Å². The maximum absolute atomic E-state index is 11.5. The van der Waals surface area contributed by atoms with Crippen molar-refractivity contribution in [3.05, 3.63) is 29.8 Å². The Morgan fingerprint density at radius 2 is 1.79 bits per heavy atom. The van der Waals surface area contributed by atoms with E-state index in [9.17, 15) is 4.79 Å². The molecule has 1 aromatic carbocycles. The van der Waals surface area contributed by atoms with Crippen LogP contribution in [0.4, 0.5) is 5.69 Å². The lowest BCUT2D eigenvalue weighted by molar-refractivity contribution is -0.122. The highest BCUT2D eigenvalue weighted by Crippen LogP contribution is 2.25. The van der Waals surface area contributed by atoms with Crippen molar-refractivity contribution < 1.29 is 4.79 Å². The summed E-state index contributed by atoms with van der Waals surface area (Å²) in [5.74, 6) is 0.109. The number of para-hydroxylation sites is 1. The number of hydrogen-bond acceptors (Lipinski definition) is 5. The molecule has 0 unspecified atom stereocenters. The first-order chi connectivity index (χ1) is 13.6. The average Bonchev–Trinajstić information content (AvgIpc) is 2.73. The quantitative estimate of drug-likeness (QED) is 0.743. The van der Waals surface area contributed by atoms with Gasteiger partial charge in [0.05, 0.1) is 6.54 Å². The van der Waals surface area contributed by atoms with E-state index >= 15 is 0 Å². The Morgan fingerprint density at radius 3 is 2.46 bits per heavy atom. The summed E-state index contributed by atoms with van der Waals surface area (Å²) in [6.07, 6.45) is 4.67. The van der Waals surface area contributed by atoms with Crippen molar-refractivity contribution in [1.82, 2.24) is 20.4 Å². The van der Waals surface area contributed by atoms with E-state index in [2.05, 4.69) is 63.7 Å². The van der Waals surface area contributed by atoms with Crippen LogP contribution in [0.2, 0.25) is 0 Å². The number of carbonyl (C=O) groups excluding carboxylic acids is 1. The fraction of sp³-hybridized carbons (Fsp3) is 0.682. The Hall–Kier alpha value is -1.63. The van der Waals surface area contributed by atoms with Crippen molar-refractivity contribution in [3.8, 4) is 0 Å². The maximum atomic E-state index is 11.5. The molecule has 1 amide bonds. The third-order valence-electron chi connectivity index (χ3n) is 6.42. The lowest BCUT2D eigenvalue weighted by Crippen LogP contribution is -2.45. The van der Waals surface area contributed by atoms with Gasteiger partial charge < -0.3 is 20.4 Å². The summed E-state index contributed by atoms with van der Waals surface area (Å²) < 4.78 is 0. The molecule has 3 rings (SSSR count). The zero-order valence-electron chi connectivity index (χ0n) is 17.8. The third-order valence-corrected chi connectivity index (χ3v) is 6.42. The molecular formula is C22H37N5O. The van der Waals surface area contributed by atoms with Crippen molar-refractivity contribution >= 4 is 11.6 Å². The fourth-order valence-electron chi connectivity index (χ4n) is 4.41. The Labute approximate surface area is 170 Å². The summed E-state index contributed by atoms with van der Waals surface area (Å²) in [6.45, 7) is 5.78. The van der Waals surface area contributed by atoms with E-state index in [1.165, 1.54) is 37.2 Å². The smallest absolute Gasteiger partial charge is 0.233 e. The van der Waals surface area contributed by atoms with Crippen LogP contribution < -0.4 is 15.5 Å². The average molecular weight is 388 g/mol. The van der Waals surface area contributed by atoms with Crippen LogP contribution in [-0.4, -0.2) is 81.7 Å². The molecule has 2 saturated heterocycles. The number of benzene rings is 1. The number of rotatable bonds is 7. The molecule has 0 saturated carbocycles. The maximum Gasteiger partial charge on any atom is 0.233 e. The SMILES string of the molecule is CNC(=O)CN1CCC(NCc2ccccc2N(C)C2CCN(C)CC2)CC1. The molecule has 0 radical (unpaired) electrons. The number of likely N-dealkylation sites (N-methyl/N-ethyl adjacent to an activating group) is 1. The molecule has 156 valence electrons. The van der Waals surface area contributed by atoms with Gasteiger partial charge in [0, 0.05) is 51.5 Å². The number of nitrogens with zero attached hydrogens (tertiary/aromatic N) is 3. The lowest BCUT2D eigenvalue weighted by atomic mass is 10.0. The molecule has 0 aliphatic carbocycles. The second-order valence-electron chi connectivity index (χ2n) is 8.38. The first kappa shape index (κ1) is 21.1. The van der Waals surface area contributed by atoms with Crippen molar-refractivity contribution in [1.29, 1.82) is 0 Å². The largest absolute Gasteiger partial charge is 0.371 e. The van der Waals surface area contributed by atoms with Crippen LogP contribution in [0.25, 0.3) is 0 Å². The third kappa shape index (κ3) is 5.69. The number of carbonyl (C=O) groups is 1. The molecule has 0 spiro atoms. The summed E-state index contributed by atoms with van der Waals surface area (Å²) >= 11 is 0. The van der Waals surface area contributed by atoms with Gasteiger partial charge in [-0.1, -0.05) is 18.2 Å². The minimum absolute atomic E-state index is 0.109. The number of hydrogen-bond donors (Lipinski definition) is 2. The molecule has 2 heterocycles. The van der Waals surface area contributed by atoms with Gasteiger partial charge in [-0.15, -0.1) is 0 Å². The Bertz CT molecular complexity index is 621. The van der Waals surface area contributed by atoms with Crippen LogP contribution in [0.15, 0.2) is 24.3 Å². The molecule has 2 aliphatic rings. The predicted octanol–water partition coefficient (Wildman–Crippen LogP) is 1.52. The number of amides is 1. The second kappa shape index (κ2) is 10.2. The van der Waals surface area contributed by atoms with Gasteiger partial charge in [0.1, 0.15) is 0 Å². The first-order valence-corrected chi connectivity index (χ1v) is 10.7. The van der Waals surface area contributed by atoms with Gasteiger partial charge in [0.2, 0.25) is 5.91 Å². The van der Waals surface area contributed by atoms with E-state index in [4.69, 9.17) is 0 Å². The molecule has 0 aromatic heterocycles. The molecule has 0 atom stereocenters. The van der Waals surface area contributed by atoms with Gasteiger partial charge in [-0.25, -0.2) is 0 Å². The molecule has 2 fully saturated rings. The minimum Gasteiger partial charge on any atom is -0.371 e. The van der Waals surface area contributed by atoms with Crippen LogP contribution in [0, 0.1) is 0 Å². The summed E-state index contributed by atoms with van der Waals surface area (Å²) in [6, 6.07) is 9.99. The van der Waals surface area contributed by atoms with Gasteiger partial charge in [-0.3, -0.25) is 9.69 Å². The van der Waals surface area contributed by atoms with Gasteiger partial charge in [0.25, 0.3) is 0 Å². The molecule has 2 aliphatic heterocycles. The first-order valence-electron chi connectivity index (χ1n) is 10.7.